The van der Waals surface area contributed by atoms with E-state index >= 15 is 0 Å². The lowest BCUT2D eigenvalue weighted by molar-refractivity contribution is -0.136. The van der Waals surface area contributed by atoms with Crippen LogP contribution in [-0.2, 0) is 9.59 Å². The third-order valence-electron chi connectivity index (χ3n) is 3.61. The molecule has 0 aliphatic rings. The van der Waals surface area contributed by atoms with Crippen molar-refractivity contribution < 1.29 is 14.7 Å². The summed E-state index contributed by atoms with van der Waals surface area (Å²) in [4.78, 5) is 29.4. The summed E-state index contributed by atoms with van der Waals surface area (Å²) in [6, 6.07) is 9.07. The zero-order chi connectivity index (χ0) is 17.5. The van der Waals surface area contributed by atoms with Crippen LogP contribution in [0.2, 0.25) is 0 Å². The molecule has 24 heavy (non-hydrogen) atoms. The molecule has 0 saturated carbocycles. The second-order valence-corrected chi connectivity index (χ2v) is 6.62. The number of hydrogen-bond donors (Lipinski definition) is 3. The second kappa shape index (κ2) is 8.56. The van der Waals surface area contributed by atoms with Crippen molar-refractivity contribution in [1.82, 2.24) is 10.3 Å². The molecule has 2 aromatic rings. The molecule has 0 saturated heterocycles. The van der Waals surface area contributed by atoms with E-state index in [9.17, 15) is 9.59 Å². The van der Waals surface area contributed by atoms with E-state index in [0.717, 1.165) is 16.1 Å². The van der Waals surface area contributed by atoms with Gasteiger partial charge in [-0.2, -0.15) is 0 Å². The fourth-order valence-corrected chi connectivity index (χ4v) is 3.02. The Hall–Kier alpha value is -2.25. The van der Waals surface area contributed by atoms with E-state index in [1.54, 1.807) is 0 Å². The summed E-state index contributed by atoms with van der Waals surface area (Å²) in [6.45, 7) is 3.79. The van der Waals surface area contributed by atoms with Crippen LogP contribution in [0.4, 0.5) is 5.13 Å². The van der Waals surface area contributed by atoms with Crippen molar-refractivity contribution >= 4 is 28.3 Å². The van der Waals surface area contributed by atoms with E-state index < -0.39 is 11.8 Å². The maximum absolute atomic E-state index is 12.2. The monoisotopic (exact) mass is 347 g/mol. The standard InChI is InChI=1S/C17H21N3O3S/c1-11-12(2)24-17(18-11)20-16(23)15(22)19-14(9-6-10-21)13-7-4-3-5-8-13/h3-5,7-8,14,21H,6,9-10H2,1-2H3,(H,19,22)(H,18,20,23). The Bertz CT molecular complexity index is 681. The van der Waals surface area contributed by atoms with Crippen LogP contribution in [-0.4, -0.2) is 28.5 Å². The van der Waals surface area contributed by atoms with E-state index in [-0.39, 0.29) is 12.6 Å². The lowest BCUT2D eigenvalue weighted by Crippen LogP contribution is -2.37. The van der Waals surface area contributed by atoms with E-state index in [4.69, 9.17) is 5.11 Å². The van der Waals surface area contributed by atoms with Crippen molar-refractivity contribution in [3.05, 3.63) is 46.5 Å². The number of aliphatic hydroxyl groups is 1. The van der Waals surface area contributed by atoms with Crippen LogP contribution in [0.3, 0.4) is 0 Å². The number of benzene rings is 1. The van der Waals surface area contributed by atoms with Gasteiger partial charge in [0, 0.05) is 11.5 Å². The van der Waals surface area contributed by atoms with Gasteiger partial charge in [0.25, 0.3) is 0 Å². The van der Waals surface area contributed by atoms with Gasteiger partial charge >= 0.3 is 11.8 Å². The second-order valence-electron chi connectivity index (χ2n) is 5.42. The fraction of sp³-hybridized carbons (Fsp3) is 0.353. The minimum Gasteiger partial charge on any atom is -0.396 e. The summed E-state index contributed by atoms with van der Waals surface area (Å²) in [5, 5.41) is 14.7. The van der Waals surface area contributed by atoms with Gasteiger partial charge in [-0.15, -0.1) is 11.3 Å². The minimum atomic E-state index is -0.742. The highest BCUT2D eigenvalue weighted by atomic mass is 32.1. The summed E-state index contributed by atoms with van der Waals surface area (Å²) in [6.07, 6.45) is 1.08. The topological polar surface area (TPSA) is 91.3 Å². The molecule has 7 heteroatoms. The molecular weight excluding hydrogens is 326 g/mol. The molecule has 0 bridgehead atoms. The number of thiazole rings is 1. The molecule has 0 fully saturated rings. The van der Waals surface area contributed by atoms with Crippen LogP contribution in [0.25, 0.3) is 0 Å². The molecule has 1 aromatic carbocycles. The fourth-order valence-electron chi connectivity index (χ4n) is 2.21. The Kier molecular flexibility index (Phi) is 6.45. The van der Waals surface area contributed by atoms with Gasteiger partial charge < -0.3 is 10.4 Å². The zero-order valence-electron chi connectivity index (χ0n) is 13.7. The highest BCUT2D eigenvalue weighted by Crippen LogP contribution is 2.21. The van der Waals surface area contributed by atoms with Crippen molar-refractivity contribution in [1.29, 1.82) is 0 Å². The smallest absolute Gasteiger partial charge is 0.315 e. The molecule has 6 nitrogen and oxygen atoms in total. The molecule has 3 N–H and O–H groups in total. The number of amides is 2. The first-order valence-electron chi connectivity index (χ1n) is 7.73. The first kappa shape index (κ1) is 18.1. The van der Waals surface area contributed by atoms with E-state index in [0.29, 0.717) is 18.0 Å². The molecule has 1 heterocycles. The maximum Gasteiger partial charge on any atom is 0.315 e. The average Bonchev–Trinajstić information content (AvgIpc) is 2.89. The molecule has 1 unspecified atom stereocenters. The van der Waals surface area contributed by atoms with Crippen LogP contribution in [0.1, 0.15) is 35.0 Å². The number of nitrogens with one attached hydrogen (secondary N) is 2. The van der Waals surface area contributed by atoms with Crippen molar-refractivity contribution in [2.45, 2.75) is 32.7 Å². The van der Waals surface area contributed by atoms with Crippen molar-refractivity contribution in [3.8, 4) is 0 Å². The maximum atomic E-state index is 12.2. The van der Waals surface area contributed by atoms with Crippen LogP contribution >= 0.6 is 11.3 Å². The first-order valence-corrected chi connectivity index (χ1v) is 8.54. The van der Waals surface area contributed by atoms with Crippen LogP contribution in [0.15, 0.2) is 30.3 Å². The van der Waals surface area contributed by atoms with E-state index in [1.807, 2.05) is 44.2 Å². The first-order chi connectivity index (χ1) is 11.5. The number of hydrogen-bond acceptors (Lipinski definition) is 5. The molecule has 2 rings (SSSR count). The Morgan fingerprint density at radius 2 is 1.92 bits per heavy atom. The number of rotatable bonds is 6. The van der Waals surface area contributed by atoms with Gasteiger partial charge in [0.2, 0.25) is 0 Å². The third-order valence-corrected chi connectivity index (χ3v) is 4.60. The molecular formula is C17H21N3O3S. The Labute approximate surface area is 144 Å². The van der Waals surface area contributed by atoms with Gasteiger partial charge in [-0.05, 0) is 32.3 Å². The van der Waals surface area contributed by atoms with Crippen molar-refractivity contribution in [3.63, 3.8) is 0 Å². The zero-order valence-corrected chi connectivity index (χ0v) is 14.5. The van der Waals surface area contributed by atoms with Gasteiger partial charge in [0.15, 0.2) is 5.13 Å². The highest BCUT2D eigenvalue weighted by molar-refractivity contribution is 7.15. The number of anilines is 1. The predicted octanol–water partition coefficient (Wildman–Crippen LogP) is 2.33. The van der Waals surface area contributed by atoms with E-state index in [2.05, 4.69) is 15.6 Å². The molecule has 128 valence electrons. The van der Waals surface area contributed by atoms with Gasteiger partial charge in [0.1, 0.15) is 0 Å². The summed E-state index contributed by atoms with van der Waals surface area (Å²) >= 11 is 1.33. The molecule has 1 atom stereocenters. The summed E-state index contributed by atoms with van der Waals surface area (Å²) in [5.74, 6) is -1.46. The number of carbonyl (C=O) groups is 2. The average molecular weight is 347 g/mol. The quantitative estimate of drug-likeness (QED) is 0.700. The van der Waals surface area contributed by atoms with Gasteiger partial charge in [-0.1, -0.05) is 30.3 Å². The largest absolute Gasteiger partial charge is 0.396 e. The summed E-state index contributed by atoms with van der Waals surface area (Å²) in [5.41, 5.74) is 1.73. The molecule has 0 spiro atoms. The number of carbonyl (C=O) groups excluding carboxylic acids is 2. The molecule has 2 amide bonds. The van der Waals surface area contributed by atoms with Gasteiger partial charge in [-0.3, -0.25) is 14.9 Å². The number of aliphatic hydroxyl groups excluding tert-OH is 1. The number of nitrogens with zero attached hydrogens (tertiary/aromatic N) is 1. The third kappa shape index (κ3) is 4.87. The normalized spacial score (nSPS) is 11.8. The van der Waals surface area contributed by atoms with Crippen molar-refractivity contribution in [2.75, 3.05) is 11.9 Å². The summed E-state index contributed by atoms with van der Waals surface area (Å²) in [7, 11) is 0. The SMILES string of the molecule is Cc1nc(NC(=O)C(=O)NC(CCCO)c2ccccc2)sc1C. The lowest BCUT2D eigenvalue weighted by Gasteiger charge is -2.18. The molecule has 0 radical (unpaired) electrons. The van der Waals surface area contributed by atoms with E-state index in [1.165, 1.54) is 11.3 Å². The Balaban J connectivity index is 2.02. The van der Waals surface area contributed by atoms with Crippen LogP contribution in [0.5, 0.6) is 0 Å². The molecule has 0 aliphatic carbocycles. The van der Waals surface area contributed by atoms with Gasteiger partial charge in [0.05, 0.1) is 11.7 Å². The Morgan fingerprint density at radius 3 is 2.50 bits per heavy atom. The van der Waals surface area contributed by atoms with Crippen molar-refractivity contribution in [2.24, 2.45) is 0 Å². The predicted molar refractivity (Wildman–Crippen MR) is 93.9 cm³/mol. The highest BCUT2D eigenvalue weighted by Gasteiger charge is 2.21. The summed E-state index contributed by atoms with van der Waals surface area (Å²) < 4.78 is 0. The van der Waals surface area contributed by atoms with Crippen LogP contribution in [0, 0.1) is 13.8 Å². The molecule has 0 aliphatic heterocycles. The number of aromatic nitrogens is 1. The number of aryl methyl sites for hydroxylation is 2. The minimum absolute atomic E-state index is 0.0308. The van der Waals surface area contributed by atoms with Crippen LogP contribution < -0.4 is 10.6 Å². The lowest BCUT2D eigenvalue weighted by atomic mass is 10.0. The van der Waals surface area contributed by atoms with Gasteiger partial charge in [-0.25, -0.2) is 4.98 Å². The molecule has 1 aromatic heterocycles. The Morgan fingerprint density at radius 1 is 1.21 bits per heavy atom.